The lowest BCUT2D eigenvalue weighted by atomic mass is 10.0. The van der Waals surface area contributed by atoms with Gasteiger partial charge in [-0.3, -0.25) is 4.79 Å². The van der Waals surface area contributed by atoms with E-state index in [1.807, 2.05) is 49.3 Å². The number of nitrogen functional groups attached to an aromatic ring is 1. The molecule has 0 heterocycles. The second-order valence-electron chi connectivity index (χ2n) is 5.90. The third-order valence-electron chi connectivity index (χ3n) is 3.58. The lowest BCUT2D eigenvalue weighted by Gasteiger charge is -2.17. The molecule has 4 heteroatoms. The first kappa shape index (κ1) is 15.9. The van der Waals surface area contributed by atoms with Gasteiger partial charge in [0.25, 0.3) is 5.91 Å². The molecule has 0 saturated heterocycles. The van der Waals surface area contributed by atoms with Gasteiger partial charge >= 0.3 is 0 Å². The van der Waals surface area contributed by atoms with Gasteiger partial charge in [0, 0.05) is 31.2 Å². The number of hydrogen-bond donors (Lipinski definition) is 2. The van der Waals surface area contributed by atoms with Crippen LogP contribution in [0.2, 0.25) is 0 Å². The summed E-state index contributed by atoms with van der Waals surface area (Å²) in [5.74, 6) is 0.312. The van der Waals surface area contributed by atoms with Crippen LogP contribution in [0.15, 0.2) is 42.5 Å². The van der Waals surface area contributed by atoms with Crippen LogP contribution in [0.1, 0.15) is 35.7 Å². The summed E-state index contributed by atoms with van der Waals surface area (Å²) >= 11 is 0. The predicted molar refractivity (Wildman–Crippen MR) is 93.7 cm³/mol. The molecule has 2 rings (SSSR count). The summed E-state index contributed by atoms with van der Waals surface area (Å²) in [4.78, 5) is 14.4. The number of nitrogens with zero attached hydrogens (tertiary/aromatic N) is 1. The van der Waals surface area contributed by atoms with Crippen molar-refractivity contribution in [2.24, 2.45) is 0 Å². The summed E-state index contributed by atoms with van der Waals surface area (Å²) in [6.45, 7) is 4.29. The molecule has 0 fully saturated rings. The van der Waals surface area contributed by atoms with Gasteiger partial charge < -0.3 is 16.0 Å². The molecule has 116 valence electrons. The Morgan fingerprint density at radius 3 is 2.27 bits per heavy atom. The summed E-state index contributed by atoms with van der Waals surface area (Å²) in [6, 6.07) is 13.3. The van der Waals surface area contributed by atoms with Crippen LogP contribution >= 0.6 is 0 Å². The van der Waals surface area contributed by atoms with E-state index in [0.29, 0.717) is 17.2 Å². The van der Waals surface area contributed by atoms with E-state index in [2.05, 4.69) is 19.2 Å². The second kappa shape index (κ2) is 6.52. The Bertz CT molecular complexity index is 661. The van der Waals surface area contributed by atoms with E-state index in [4.69, 9.17) is 5.73 Å². The first-order valence-corrected chi connectivity index (χ1v) is 7.36. The summed E-state index contributed by atoms with van der Waals surface area (Å²) in [7, 11) is 3.81. The van der Waals surface area contributed by atoms with E-state index in [9.17, 15) is 4.79 Å². The lowest BCUT2D eigenvalue weighted by Crippen LogP contribution is -2.18. The highest BCUT2D eigenvalue weighted by Crippen LogP contribution is 2.23. The van der Waals surface area contributed by atoms with Gasteiger partial charge in [-0.05, 0) is 41.8 Å². The number of hydrogen-bond acceptors (Lipinski definition) is 3. The first-order chi connectivity index (χ1) is 10.4. The molecule has 0 radical (unpaired) electrons. The number of nitrogens with one attached hydrogen (secondary N) is 1. The third-order valence-corrected chi connectivity index (χ3v) is 3.58. The highest BCUT2D eigenvalue weighted by molar-refractivity contribution is 6.08. The fourth-order valence-corrected chi connectivity index (χ4v) is 2.28. The van der Waals surface area contributed by atoms with Crippen LogP contribution in [-0.4, -0.2) is 20.0 Å². The standard InChI is InChI=1S/C18H23N3O/c1-12(2)13-5-8-15(9-6-13)20-18(22)16-11-14(19)7-10-17(16)21(3)4/h5-12H,19H2,1-4H3,(H,20,22). The molecule has 2 aromatic carbocycles. The minimum absolute atomic E-state index is 0.159. The summed E-state index contributed by atoms with van der Waals surface area (Å²) in [6.07, 6.45) is 0. The molecule has 0 atom stereocenters. The molecular formula is C18H23N3O. The Morgan fingerprint density at radius 2 is 1.73 bits per heavy atom. The van der Waals surface area contributed by atoms with Gasteiger partial charge in [-0.15, -0.1) is 0 Å². The smallest absolute Gasteiger partial charge is 0.257 e. The molecular weight excluding hydrogens is 274 g/mol. The number of benzene rings is 2. The van der Waals surface area contributed by atoms with Gasteiger partial charge in [0.05, 0.1) is 5.56 Å². The molecule has 2 aromatic rings. The maximum atomic E-state index is 12.5. The Kier molecular flexibility index (Phi) is 4.71. The molecule has 0 unspecified atom stereocenters. The molecule has 0 saturated carbocycles. The van der Waals surface area contributed by atoms with Crippen molar-refractivity contribution in [1.29, 1.82) is 0 Å². The molecule has 0 bridgehead atoms. The Balaban J connectivity index is 2.23. The minimum atomic E-state index is -0.159. The van der Waals surface area contributed by atoms with Crippen molar-refractivity contribution in [1.82, 2.24) is 0 Å². The average molecular weight is 297 g/mol. The zero-order valence-corrected chi connectivity index (χ0v) is 13.6. The van der Waals surface area contributed by atoms with Crippen LogP contribution in [-0.2, 0) is 0 Å². The fraction of sp³-hybridized carbons (Fsp3) is 0.278. The van der Waals surface area contributed by atoms with Gasteiger partial charge in [0.1, 0.15) is 0 Å². The SMILES string of the molecule is CC(C)c1ccc(NC(=O)c2cc(N)ccc2N(C)C)cc1. The van der Waals surface area contributed by atoms with E-state index >= 15 is 0 Å². The molecule has 0 aliphatic rings. The number of anilines is 3. The lowest BCUT2D eigenvalue weighted by molar-refractivity contribution is 0.102. The number of carbonyl (C=O) groups is 1. The Labute approximate surface area is 131 Å². The van der Waals surface area contributed by atoms with Crippen LogP contribution in [0.5, 0.6) is 0 Å². The van der Waals surface area contributed by atoms with Crippen LogP contribution < -0.4 is 16.0 Å². The molecule has 4 nitrogen and oxygen atoms in total. The van der Waals surface area contributed by atoms with E-state index in [1.54, 1.807) is 12.1 Å². The minimum Gasteiger partial charge on any atom is -0.399 e. The van der Waals surface area contributed by atoms with E-state index in [-0.39, 0.29) is 5.91 Å². The van der Waals surface area contributed by atoms with Gasteiger partial charge in [0.2, 0.25) is 0 Å². The predicted octanol–water partition coefficient (Wildman–Crippen LogP) is 3.71. The quantitative estimate of drug-likeness (QED) is 0.846. The molecule has 0 aliphatic heterocycles. The van der Waals surface area contributed by atoms with Crippen molar-refractivity contribution in [2.45, 2.75) is 19.8 Å². The summed E-state index contributed by atoms with van der Waals surface area (Å²) in [5.41, 5.74) is 9.82. The normalized spacial score (nSPS) is 10.6. The second-order valence-corrected chi connectivity index (χ2v) is 5.90. The number of nitrogens with two attached hydrogens (primary N) is 1. The van der Waals surface area contributed by atoms with Crippen molar-refractivity contribution < 1.29 is 4.79 Å². The van der Waals surface area contributed by atoms with Crippen molar-refractivity contribution in [2.75, 3.05) is 30.0 Å². The van der Waals surface area contributed by atoms with Crippen LogP contribution in [0, 0.1) is 0 Å². The Morgan fingerprint density at radius 1 is 1.09 bits per heavy atom. The van der Waals surface area contributed by atoms with Crippen molar-refractivity contribution in [3.8, 4) is 0 Å². The number of carbonyl (C=O) groups excluding carboxylic acids is 1. The topological polar surface area (TPSA) is 58.4 Å². The average Bonchev–Trinajstić information content (AvgIpc) is 2.47. The van der Waals surface area contributed by atoms with Gasteiger partial charge in [-0.2, -0.15) is 0 Å². The highest BCUT2D eigenvalue weighted by Gasteiger charge is 2.13. The zero-order chi connectivity index (χ0) is 16.3. The maximum Gasteiger partial charge on any atom is 0.257 e. The molecule has 22 heavy (non-hydrogen) atoms. The molecule has 0 aromatic heterocycles. The van der Waals surface area contributed by atoms with E-state index in [1.165, 1.54) is 5.56 Å². The van der Waals surface area contributed by atoms with Gasteiger partial charge in [-0.1, -0.05) is 26.0 Å². The van der Waals surface area contributed by atoms with Crippen LogP contribution in [0.3, 0.4) is 0 Å². The first-order valence-electron chi connectivity index (χ1n) is 7.36. The molecule has 0 aliphatic carbocycles. The molecule has 0 spiro atoms. The van der Waals surface area contributed by atoms with Gasteiger partial charge in [-0.25, -0.2) is 0 Å². The number of rotatable bonds is 4. The monoisotopic (exact) mass is 297 g/mol. The largest absolute Gasteiger partial charge is 0.399 e. The molecule has 3 N–H and O–H groups in total. The van der Waals surface area contributed by atoms with E-state index < -0.39 is 0 Å². The molecule has 1 amide bonds. The van der Waals surface area contributed by atoms with Crippen LogP contribution in [0.25, 0.3) is 0 Å². The number of amides is 1. The highest BCUT2D eigenvalue weighted by atomic mass is 16.1. The maximum absolute atomic E-state index is 12.5. The summed E-state index contributed by atoms with van der Waals surface area (Å²) in [5, 5.41) is 2.93. The Hall–Kier alpha value is -2.49. The summed E-state index contributed by atoms with van der Waals surface area (Å²) < 4.78 is 0. The van der Waals surface area contributed by atoms with Crippen molar-refractivity contribution >= 4 is 23.0 Å². The zero-order valence-electron chi connectivity index (χ0n) is 13.6. The van der Waals surface area contributed by atoms with Gasteiger partial charge in [0.15, 0.2) is 0 Å². The third kappa shape index (κ3) is 3.58. The van der Waals surface area contributed by atoms with Crippen molar-refractivity contribution in [3.05, 3.63) is 53.6 Å². The fourth-order valence-electron chi connectivity index (χ4n) is 2.28. The van der Waals surface area contributed by atoms with E-state index in [0.717, 1.165) is 11.4 Å². The van der Waals surface area contributed by atoms with Crippen LogP contribution in [0.4, 0.5) is 17.1 Å². The van der Waals surface area contributed by atoms with Crippen molar-refractivity contribution in [3.63, 3.8) is 0 Å².